The van der Waals surface area contributed by atoms with Gasteiger partial charge in [-0.15, -0.1) is 0 Å². The van der Waals surface area contributed by atoms with Crippen LogP contribution in [0.3, 0.4) is 0 Å². The van der Waals surface area contributed by atoms with Gasteiger partial charge in [0.2, 0.25) is 0 Å². The molecule has 0 unspecified atom stereocenters. The van der Waals surface area contributed by atoms with Crippen LogP contribution in [-0.4, -0.2) is 75.3 Å². The topological polar surface area (TPSA) is 79.8 Å². The van der Waals surface area contributed by atoms with E-state index in [9.17, 15) is 26.4 Å². The third-order valence-electron chi connectivity index (χ3n) is 5.79. The fourth-order valence-electron chi connectivity index (χ4n) is 3.72. The zero-order chi connectivity index (χ0) is 26.3. The van der Waals surface area contributed by atoms with Gasteiger partial charge in [0.1, 0.15) is 5.75 Å². The summed E-state index contributed by atoms with van der Waals surface area (Å²) in [6.45, 7) is 2.96. The van der Waals surface area contributed by atoms with E-state index in [1.807, 2.05) is 17.0 Å². The van der Waals surface area contributed by atoms with Crippen LogP contribution in [0.2, 0.25) is 5.02 Å². The zero-order valence-corrected chi connectivity index (χ0v) is 21.8. The Kier molecular flexibility index (Phi) is 7.52. The van der Waals surface area contributed by atoms with Crippen LogP contribution >= 0.6 is 22.9 Å². The number of rotatable bonds is 7. The van der Waals surface area contributed by atoms with Gasteiger partial charge < -0.3 is 9.64 Å². The largest absolute Gasteiger partial charge is 0.480 e. The lowest BCUT2D eigenvalue weighted by Gasteiger charge is -2.34. The normalized spacial score (nSPS) is 16.3. The van der Waals surface area contributed by atoms with Crippen molar-refractivity contribution in [3.63, 3.8) is 0 Å². The van der Waals surface area contributed by atoms with E-state index in [1.54, 1.807) is 6.07 Å². The van der Waals surface area contributed by atoms with Crippen molar-refractivity contribution in [3.05, 3.63) is 47.0 Å². The molecule has 36 heavy (non-hydrogen) atoms. The van der Waals surface area contributed by atoms with E-state index in [0.29, 0.717) is 31.2 Å². The summed E-state index contributed by atoms with van der Waals surface area (Å²) in [4.78, 5) is 21.5. The van der Waals surface area contributed by atoms with Crippen LogP contribution in [0.4, 0.5) is 18.3 Å². The predicted molar refractivity (Wildman–Crippen MR) is 133 cm³/mol. The first-order valence-corrected chi connectivity index (χ1v) is 14.0. The van der Waals surface area contributed by atoms with Crippen molar-refractivity contribution in [1.82, 2.24) is 9.88 Å². The van der Waals surface area contributed by atoms with Gasteiger partial charge in [0, 0.05) is 37.5 Å². The number of thiazole rings is 1. The fourth-order valence-corrected chi connectivity index (χ4v) is 5.67. The Morgan fingerprint density at radius 1 is 1.17 bits per heavy atom. The summed E-state index contributed by atoms with van der Waals surface area (Å²) in [6, 6.07) is 8.81. The summed E-state index contributed by atoms with van der Waals surface area (Å²) in [7, 11) is -3.68. The molecule has 1 aliphatic rings. The Morgan fingerprint density at radius 2 is 1.86 bits per heavy atom. The van der Waals surface area contributed by atoms with Crippen LogP contribution in [0, 0.1) is 0 Å². The second kappa shape index (κ2) is 10.2. The van der Waals surface area contributed by atoms with E-state index in [0.717, 1.165) is 46.7 Å². The molecule has 194 valence electrons. The summed E-state index contributed by atoms with van der Waals surface area (Å²) < 4.78 is 69.1. The Balaban J connectivity index is 1.47. The van der Waals surface area contributed by atoms with Gasteiger partial charge in [-0.1, -0.05) is 22.9 Å². The molecule has 0 aliphatic carbocycles. The summed E-state index contributed by atoms with van der Waals surface area (Å²) in [5, 5.41) is 1.48. The molecule has 0 N–H and O–H groups in total. The number of anilines is 1. The highest BCUT2D eigenvalue weighted by atomic mass is 35.5. The maximum atomic E-state index is 13.1. The molecule has 1 aromatic heterocycles. The molecule has 1 aliphatic heterocycles. The molecule has 0 saturated carbocycles. The number of alkyl halides is 3. The van der Waals surface area contributed by atoms with Crippen molar-refractivity contribution in [1.29, 1.82) is 0 Å². The van der Waals surface area contributed by atoms with Crippen molar-refractivity contribution < 1.29 is 31.1 Å². The average molecular weight is 562 g/mol. The molecule has 1 atom stereocenters. The molecular weight excluding hydrogens is 539 g/mol. The number of ketones is 1. The van der Waals surface area contributed by atoms with Gasteiger partial charge in [0.15, 0.2) is 26.9 Å². The Hall–Kier alpha value is -2.41. The molecule has 2 aromatic carbocycles. The number of ether oxygens (including phenoxy) is 1. The van der Waals surface area contributed by atoms with E-state index >= 15 is 0 Å². The quantitative estimate of drug-likeness (QED) is 0.387. The number of nitrogens with zero attached hydrogens (tertiary/aromatic N) is 3. The first-order valence-electron chi connectivity index (χ1n) is 11.0. The van der Waals surface area contributed by atoms with E-state index in [-0.39, 0.29) is 22.8 Å². The second-order valence-electron chi connectivity index (χ2n) is 8.53. The highest BCUT2D eigenvalue weighted by Gasteiger charge is 2.38. The van der Waals surface area contributed by atoms with Gasteiger partial charge in [-0.2, -0.15) is 13.2 Å². The number of fused-ring (bicyclic) bond motifs is 1. The monoisotopic (exact) mass is 561 g/mol. The molecule has 0 radical (unpaired) electrons. The molecule has 4 rings (SSSR count). The number of sulfone groups is 1. The minimum absolute atomic E-state index is 0.0900. The molecule has 0 spiro atoms. The maximum absolute atomic E-state index is 13.1. The van der Waals surface area contributed by atoms with Gasteiger partial charge in [-0.25, -0.2) is 13.4 Å². The predicted octanol–water partition coefficient (Wildman–Crippen LogP) is 4.69. The highest BCUT2D eigenvalue weighted by Crippen LogP contribution is 2.32. The van der Waals surface area contributed by atoms with Crippen LogP contribution in [0.5, 0.6) is 5.75 Å². The van der Waals surface area contributed by atoms with Crippen LogP contribution in [-0.2, 0) is 9.84 Å². The second-order valence-corrected chi connectivity index (χ2v) is 12.0. The molecular formula is C23H23ClF3N3O4S2. The maximum Gasteiger partial charge on any atom is 0.425 e. The van der Waals surface area contributed by atoms with Gasteiger partial charge in [-0.05, 0) is 43.3 Å². The molecule has 3 aromatic rings. The number of benzene rings is 2. The van der Waals surface area contributed by atoms with Gasteiger partial charge in [0.05, 0.1) is 27.2 Å². The number of carbonyl (C=O) groups excluding carboxylic acids is 1. The van der Waals surface area contributed by atoms with Crippen molar-refractivity contribution in [2.24, 2.45) is 0 Å². The molecule has 13 heteroatoms. The summed E-state index contributed by atoms with van der Waals surface area (Å²) >= 11 is 7.58. The molecule has 1 saturated heterocycles. The van der Waals surface area contributed by atoms with Gasteiger partial charge >= 0.3 is 6.18 Å². The standard InChI is InChI=1S/C23H23ClF3N3O4S2/c1-14(23(25,26)27)34-20-6-4-16(36(2,32)33)12-17(20)19(31)13-29-7-9-30(10-8-29)22-28-18-5-3-15(24)11-21(18)35-22/h3-6,11-12,14H,7-10,13H2,1-2H3/t14-/m0/s1. The first kappa shape index (κ1) is 26.6. The lowest BCUT2D eigenvalue weighted by molar-refractivity contribution is -0.189. The molecule has 0 amide bonds. The van der Waals surface area contributed by atoms with Gasteiger partial charge in [0.25, 0.3) is 0 Å². The minimum atomic E-state index is -4.64. The number of carbonyl (C=O) groups is 1. The van der Waals surface area contributed by atoms with Crippen molar-refractivity contribution in [2.75, 3.05) is 43.9 Å². The van der Waals surface area contributed by atoms with E-state index in [4.69, 9.17) is 16.3 Å². The van der Waals surface area contributed by atoms with E-state index in [2.05, 4.69) is 9.88 Å². The Labute approximate surface area is 215 Å². The number of aromatic nitrogens is 1. The smallest absolute Gasteiger partial charge is 0.425 e. The first-order chi connectivity index (χ1) is 16.8. The summed E-state index contributed by atoms with van der Waals surface area (Å²) in [6.07, 6.45) is -5.84. The van der Waals surface area contributed by atoms with Crippen molar-refractivity contribution in [3.8, 4) is 5.75 Å². The van der Waals surface area contributed by atoms with Crippen molar-refractivity contribution >= 4 is 53.9 Å². The van der Waals surface area contributed by atoms with E-state index in [1.165, 1.54) is 11.3 Å². The number of hydrogen-bond donors (Lipinski definition) is 0. The number of halogens is 4. The highest BCUT2D eigenvalue weighted by molar-refractivity contribution is 7.90. The Morgan fingerprint density at radius 3 is 2.50 bits per heavy atom. The fraction of sp³-hybridized carbons (Fsp3) is 0.391. The van der Waals surface area contributed by atoms with Gasteiger partial charge in [-0.3, -0.25) is 9.69 Å². The zero-order valence-electron chi connectivity index (χ0n) is 19.4. The average Bonchev–Trinajstić information content (AvgIpc) is 3.21. The lowest BCUT2D eigenvalue weighted by Crippen LogP contribution is -2.48. The summed E-state index contributed by atoms with van der Waals surface area (Å²) in [5.41, 5.74) is 0.655. The lowest BCUT2D eigenvalue weighted by atomic mass is 10.1. The SMILES string of the molecule is C[C@H](Oc1ccc(S(C)(=O)=O)cc1C(=O)CN1CCN(c2nc3ccc(Cl)cc3s2)CC1)C(F)(F)F. The van der Waals surface area contributed by atoms with Crippen molar-refractivity contribution in [2.45, 2.75) is 24.1 Å². The number of hydrogen-bond acceptors (Lipinski definition) is 8. The minimum Gasteiger partial charge on any atom is -0.480 e. The van der Waals surface area contributed by atoms with Crippen LogP contribution < -0.4 is 9.64 Å². The third kappa shape index (κ3) is 6.10. The van der Waals surface area contributed by atoms with E-state index < -0.39 is 27.9 Å². The Bertz CT molecular complexity index is 1390. The van der Waals surface area contributed by atoms with Crippen LogP contribution in [0.25, 0.3) is 10.2 Å². The van der Waals surface area contributed by atoms with Crippen LogP contribution in [0.15, 0.2) is 41.3 Å². The molecule has 1 fully saturated rings. The van der Waals surface area contributed by atoms with Crippen LogP contribution in [0.1, 0.15) is 17.3 Å². The number of Topliss-reactive ketones (excluding diaryl/α,β-unsaturated/α-hetero) is 1. The molecule has 7 nitrogen and oxygen atoms in total. The third-order valence-corrected chi connectivity index (χ3v) is 8.22. The summed E-state index contributed by atoms with van der Waals surface area (Å²) in [5.74, 6) is -0.822. The molecule has 2 heterocycles. The number of piperazine rings is 1. The molecule has 0 bridgehead atoms.